The second-order valence-electron chi connectivity index (χ2n) is 9.68. The van der Waals surface area contributed by atoms with E-state index >= 15 is 0 Å². The SMILES string of the molecule is Cc1sc(C#Cc2cnc(N)c3ccccc23)nc1C(=O)Nc1ccc(CN2CCN(C)CC2)c(C(F)(F)F)c1. The molecular formula is C29H27F3N6OS. The Kier molecular flexibility index (Phi) is 7.76. The summed E-state index contributed by atoms with van der Waals surface area (Å²) in [4.78, 5) is 26.3. The highest BCUT2D eigenvalue weighted by Gasteiger charge is 2.34. The normalized spacial score (nSPS) is 14.6. The van der Waals surface area contributed by atoms with Crippen LogP contribution in [0.25, 0.3) is 10.8 Å². The predicted octanol–water partition coefficient (Wildman–Crippen LogP) is 5.00. The minimum absolute atomic E-state index is 0.0545. The molecule has 0 bridgehead atoms. The summed E-state index contributed by atoms with van der Waals surface area (Å²) in [7, 11) is 1.99. The van der Waals surface area contributed by atoms with Crippen LogP contribution in [0.4, 0.5) is 24.7 Å². The maximum absolute atomic E-state index is 13.9. The van der Waals surface area contributed by atoms with Crippen molar-refractivity contribution in [3.8, 4) is 11.8 Å². The van der Waals surface area contributed by atoms with Crippen molar-refractivity contribution in [2.45, 2.75) is 19.6 Å². The molecule has 0 spiro atoms. The van der Waals surface area contributed by atoms with Crippen LogP contribution in [0.1, 0.15) is 37.1 Å². The van der Waals surface area contributed by atoms with Gasteiger partial charge >= 0.3 is 6.18 Å². The van der Waals surface area contributed by atoms with Gasteiger partial charge in [-0.1, -0.05) is 36.3 Å². The zero-order valence-corrected chi connectivity index (χ0v) is 22.8. The molecule has 206 valence electrons. The molecule has 4 aromatic rings. The molecule has 2 aromatic carbocycles. The lowest BCUT2D eigenvalue weighted by atomic mass is 10.0. The van der Waals surface area contributed by atoms with Crippen LogP contribution in [0.3, 0.4) is 0 Å². The molecule has 3 heterocycles. The lowest BCUT2D eigenvalue weighted by molar-refractivity contribution is -0.138. The first-order valence-electron chi connectivity index (χ1n) is 12.6. The van der Waals surface area contributed by atoms with Crippen LogP contribution in [0.2, 0.25) is 0 Å². The zero-order chi connectivity index (χ0) is 28.4. The molecule has 5 rings (SSSR count). The Labute approximate surface area is 233 Å². The second-order valence-corrected chi connectivity index (χ2v) is 10.9. The van der Waals surface area contributed by atoms with E-state index in [1.54, 1.807) is 13.1 Å². The van der Waals surface area contributed by atoms with Gasteiger partial charge in [0.05, 0.1) is 11.1 Å². The summed E-state index contributed by atoms with van der Waals surface area (Å²) in [6.45, 7) is 4.93. The van der Waals surface area contributed by atoms with E-state index in [0.717, 1.165) is 29.9 Å². The van der Waals surface area contributed by atoms with E-state index in [4.69, 9.17) is 5.73 Å². The summed E-state index contributed by atoms with van der Waals surface area (Å²) in [6.07, 6.45) is -2.96. The lowest BCUT2D eigenvalue weighted by Crippen LogP contribution is -2.44. The number of fused-ring (bicyclic) bond motifs is 1. The summed E-state index contributed by atoms with van der Waals surface area (Å²) >= 11 is 1.23. The van der Waals surface area contributed by atoms with Gasteiger partial charge in [0.15, 0.2) is 5.01 Å². The molecule has 3 N–H and O–H groups in total. The van der Waals surface area contributed by atoms with E-state index in [2.05, 4.69) is 32.0 Å². The molecule has 40 heavy (non-hydrogen) atoms. The van der Waals surface area contributed by atoms with Gasteiger partial charge in [0.25, 0.3) is 5.91 Å². The predicted molar refractivity (Wildman–Crippen MR) is 151 cm³/mol. The number of nitrogen functional groups attached to an aromatic ring is 1. The van der Waals surface area contributed by atoms with Crippen molar-refractivity contribution in [1.82, 2.24) is 19.8 Å². The van der Waals surface area contributed by atoms with Gasteiger partial charge < -0.3 is 16.0 Å². The van der Waals surface area contributed by atoms with Crippen LogP contribution in [0.15, 0.2) is 48.7 Å². The van der Waals surface area contributed by atoms with Gasteiger partial charge in [0.2, 0.25) is 0 Å². The summed E-state index contributed by atoms with van der Waals surface area (Å²) in [5.41, 5.74) is 6.22. The monoisotopic (exact) mass is 564 g/mol. The molecule has 1 amide bonds. The smallest absolute Gasteiger partial charge is 0.383 e. The Morgan fingerprint density at radius 1 is 1.10 bits per heavy atom. The van der Waals surface area contributed by atoms with Crippen LogP contribution in [-0.4, -0.2) is 58.9 Å². The zero-order valence-electron chi connectivity index (χ0n) is 22.0. The number of rotatable bonds is 4. The summed E-state index contributed by atoms with van der Waals surface area (Å²) in [5, 5.41) is 4.62. The van der Waals surface area contributed by atoms with Crippen LogP contribution in [0, 0.1) is 18.8 Å². The number of piperazine rings is 1. The van der Waals surface area contributed by atoms with Crippen molar-refractivity contribution in [3.05, 3.63) is 80.9 Å². The van der Waals surface area contributed by atoms with Gasteiger partial charge in [-0.2, -0.15) is 13.2 Å². The third-order valence-corrected chi connectivity index (χ3v) is 7.69. The maximum Gasteiger partial charge on any atom is 0.416 e. The summed E-state index contributed by atoms with van der Waals surface area (Å²) in [6, 6.07) is 11.4. The van der Waals surface area contributed by atoms with Crippen molar-refractivity contribution in [3.63, 3.8) is 0 Å². The molecule has 2 aromatic heterocycles. The topological polar surface area (TPSA) is 87.4 Å². The standard InChI is InChI=1S/C29H27F3N6OS/c1-18-26(36-25(40-18)10-8-19-16-34-27(33)23-6-4-3-5-22(19)23)28(39)35-21-9-7-20(24(15-21)29(30,31)32)17-38-13-11-37(2)12-14-38/h3-7,9,15-16H,11-14,17H2,1-2H3,(H2,33,34)(H,35,39). The largest absolute Gasteiger partial charge is 0.416 e. The third kappa shape index (κ3) is 6.09. The Morgan fingerprint density at radius 3 is 2.55 bits per heavy atom. The van der Waals surface area contributed by atoms with Crippen LogP contribution in [-0.2, 0) is 12.7 Å². The number of aryl methyl sites for hydroxylation is 1. The van der Waals surface area contributed by atoms with Crippen molar-refractivity contribution < 1.29 is 18.0 Å². The van der Waals surface area contributed by atoms with Crippen LogP contribution < -0.4 is 11.1 Å². The molecule has 1 saturated heterocycles. The quantitative estimate of drug-likeness (QED) is 0.340. The summed E-state index contributed by atoms with van der Waals surface area (Å²) < 4.78 is 41.8. The average Bonchev–Trinajstić information content (AvgIpc) is 3.30. The number of halogens is 3. The number of amides is 1. The second kappa shape index (κ2) is 11.3. The van der Waals surface area contributed by atoms with Gasteiger partial charge in [-0.05, 0) is 37.6 Å². The Balaban J connectivity index is 1.34. The molecule has 11 heteroatoms. The maximum atomic E-state index is 13.9. The number of carbonyl (C=O) groups excluding carboxylic acids is 1. The van der Waals surface area contributed by atoms with E-state index in [-0.39, 0.29) is 23.5 Å². The molecule has 1 fully saturated rings. The number of nitrogens with two attached hydrogens (primary N) is 1. The molecule has 0 radical (unpaired) electrons. The average molecular weight is 565 g/mol. The lowest BCUT2D eigenvalue weighted by Gasteiger charge is -2.33. The van der Waals surface area contributed by atoms with E-state index in [1.807, 2.05) is 36.2 Å². The minimum atomic E-state index is -4.55. The van der Waals surface area contributed by atoms with Gasteiger partial charge in [-0.15, -0.1) is 11.3 Å². The number of nitrogens with one attached hydrogen (secondary N) is 1. The Bertz CT molecular complexity index is 1630. The fourth-order valence-corrected chi connectivity index (χ4v) is 5.35. The van der Waals surface area contributed by atoms with E-state index in [0.29, 0.717) is 34.4 Å². The number of pyridine rings is 1. The number of carbonyl (C=O) groups is 1. The summed E-state index contributed by atoms with van der Waals surface area (Å²) in [5.74, 6) is 5.83. The Hall–Kier alpha value is -3.98. The molecular weight excluding hydrogens is 537 g/mol. The number of thiazole rings is 1. The van der Waals surface area contributed by atoms with Gasteiger partial charge in [0, 0.05) is 60.3 Å². The van der Waals surface area contributed by atoms with Gasteiger partial charge in [0.1, 0.15) is 11.5 Å². The number of benzene rings is 2. The van der Waals surface area contributed by atoms with Crippen molar-refractivity contribution in [1.29, 1.82) is 0 Å². The van der Waals surface area contributed by atoms with Crippen molar-refractivity contribution in [2.24, 2.45) is 0 Å². The number of aromatic nitrogens is 2. The van der Waals surface area contributed by atoms with E-state index in [9.17, 15) is 18.0 Å². The molecule has 7 nitrogen and oxygen atoms in total. The number of likely N-dealkylation sites (N-methyl/N-ethyl adjacent to an activating group) is 1. The minimum Gasteiger partial charge on any atom is -0.383 e. The number of alkyl halides is 3. The van der Waals surface area contributed by atoms with Crippen molar-refractivity contribution in [2.75, 3.05) is 44.3 Å². The first-order chi connectivity index (χ1) is 19.1. The van der Waals surface area contributed by atoms with Gasteiger partial charge in [-0.3, -0.25) is 9.69 Å². The number of nitrogens with zero attached hydrogens (tertiary/aromatic N) is 4. The van der Waals surface area contributed by atoms with E-state index in [1.165, 1.54) is 23.5 Å². The molecule has 1 aliphatic rings. The highest BCUT2D eigenvalue weighted by Crippen LogP contribution is 2.35. The molecule has 0 unspecified atom stereocenters. The van der Waals surface area contributed by atoms with E-state index < -0.39 is 17.6 Å². The highest BCUT2D eigenvalue weighted by atomic mass is 32.1. The molecule has 1 aliphatic heterocycles. The van der Waals surface area contributed by atoms with Crippen LogP contribution in [0.5, 0.6) is 0 Å². The Morgan fingerprint density at radius 2 is 1.82 bits per heavy atom. The molecule has 0 atom stereocenters. The fraction of sp³-hybridized carbons (Fsp3) is 0.276. The first kappa shape index (κ1) is 27.6. The van der Waals surface area contributed by atoms with Crippen molar-refractivity contribution >= 4 is 39.5 Å². The molecule has 0 aliphatic carbocycles. The van der Waals surface area contributed by atoms with Crippen LogP contribution >= 0.6 is 11.3 Å². The number of hydrogen-bond donors (Lipinski definition) is 2. The number of hydrogen-bond acceptors (Lipinski definition) is 7. The highest BCUT2D eigenvalue weighted by molar-refractivity contribution is 7.12. The fourth-order valence-electron chi connectivity index (χ4n) is 4.59. The first-order valence-corrected chi connectivity index (χ1v) is 13.4. The number of anilines is 2. The van der Waals surface area contributed by atoms with Gasteiger partial charge in [-0.25, -0.2) is 9.97 Å². The third-order valence-electron chi connectivity index (χ3n) is 6.80. The molecule has 0 saturated carbocycles.